The van der Waals surface area contributed by atoms with Crippen LogP contribution in [0.5, 0.6) is 0 Å². The predicted molar refractivity (Wildman–Crippen MR) is 90.9 cm³/mol. The number of non-ortho nitro benzene ring substituents is 1. The van der Waals surface area contributed by atoms with Crippen molar-refractivity contribution >= 4 is 29.0 Å². The van der Waals surface area contributed by atoms with Crippen LogP contribution in [0.2, 0.25) is 0 Å². The van der Waals surface area contributed by atoms with E-state index in [2.05, 4.69) is 0 Å². The van der Waals surface area contributed by atoms with E-state index in [1.807, 2.05) is 0 Å². The molecule has 24 heavy (non-hydrogen) atoms. The van der Waals surface area contributed by atoms with Crippen molar-refractivity contribution in [1.82, 2.24) is 0 Å². The van der Waals surface area contributed by atoms with Crippen molar-refractivity contribution in [3.8, 4) is 0 Å². The molecule has 0 fully saturated rings. The van der Waals surface area contributed by atoms with Gasteiger partial charge in [-0.15, -0.1) is 11.8 Å². The topological polar surface area (TPSA) is 63.5 Å². The molecule has 0 radical (unpaired) electrons. The number of carbonyl (C=O) groups is 1. The van der Waals surface area contributed by atoms with Gasteiger partial charge in [0.1, 0.15) is 5.82 Å². The predicted octanol–water partition coefficient (Wildman–Crippen LogP) is 3.81. The molecule has 0 aromatic heterocycles. The highest BCUT2D eigenvalue weighted by Gasteiger charge is 2.24. The summed E-state index contributed by atoms with van der Waals surface area (Å²) in [7, 11) is 0. The smallest absolute Gasteiger partial charge is 0.269 e. The molecule has 1 aliphatic rings. The Bertz CT molecular complexity index is 780. The highest BCUT2D eigenvalue weighted by Crippen LogP contribution is 2.31. The van der Waals surface area contributed by atoms with Crippen LogP contribution in [0.3, 0.4) is 0 Å². The molecule has 5 nitrogen and oxygen atoms in total. The number of aryl methyl sites for hydroxylation is 1. The molecular formula is C17H15FN2O3S. The van der Waals surface area contributed by atoms with Gasteiger partial charge in [0.2, 0.25) is 5.91 Å². The Kier molecular flexibility index (Phi) is 4.80. The average Bonchev–Trinajstić information content (AvgIpc) is 2.60. The summed E-state index contributed by atoms with van der Waals surface area (Å²) in [5, 5.41) is 10.9. The number of halogens is 1. The number of rotatable bonds is 4. The number of nitro benzene ring substituents is 1. The van der Waals surface area contributed by atoms with E-state index in [4.69, 9.17) is 0 Å². The summed E-state index contributed by atoms with van der Waals surface area (Å²) in [5.74, 6) is -0.126. The van der Waals surface area contributed by atoms with Gasteiger partial charge in [-0.25, -0.2) is 4.39 Å². The standard InChI is InChI=1S/C17H15FN2O3S/c18-13-3-6-15(7-4-13)24-11-17(21)19-9-1-2-12-10-14(20(22)23)5-8-16(12)19/h3-8,10H,1-2,9,11H2. The second-order valence-electron chi connectivity index (χ2n) is 5.46. The van der Waals surface area contributed by atoms with Crippen molar-refractivity contribution in [3.05, 3.63) is 64.0 Å². The molecule has 7 heteroatoms. The second-order valence-corrected chi connectivity index (χ2v) is 6.51. The molecule has 0 spiro atoms. The molecule has 0 bridgehead atoms. The third kappa shape index (κ3) is 3.56. The number of hydrogen-bond acceptors (Lipinski definition) is 4. The monoisotopic (exact) mass is 346 g/mol. The molecule has 1 heterocycles. The normalized spacial score (nSPS) is 13.5. The first kappa shape index (κ1) is 16.4. The molecule has 0 atom stereocenters. The van der Waals surface area contributed by atoms with Crippen molar-refractivity contribution < 1.29 is 14.1 Å². The summed E-state index contributed by atoms with van der Waals surface area (Å²) in [6.07, 6.45) is 1.51. The molecular weight excluding hydrogens is 331 g/mol. The number of hydrogen-bond donors (Lipinski definition) is 0. The van der Waals surface area contributed by atoms with Crippen molar-refractivity contribution in [2.45, 2.75) is 17.7 Å². The maximum absolute atomic E-state index is 12.9. The summed E-state index contributed by atoms with van der Waals surface area (Å²) < 4.78 is 12.9. The molecule has 3 rings (SSSR count). The third-order valence-corrected chi connectivity index (χ3v) is 4.87. The first-order valence-corrected chi connectivity index (χ1v) is 8.49. The number of nitrogens with zero attached hydrogens (tertiary/aromatic N) is 2. The summed E-state index contributed by atoms with van der Waals surface area (Å²) >= 11 is 1.35. The number of amides is 1. The Morgan fingerprint density at radius 1 is 1.25 bits per heavy atom. The number of anilines is 1. The number of thioether (sulfide) groups is 1. The maximum Gasteiger partial charge on any atom is 0.269 e. The van der Waals surface area contributed by atoms with Gasteiger partial charge in [0.15, 0.2) is 0 Å². The van der Waals surface area contributed by atoms with Gasteiger partial charge in [-0.2, -0.15) is 0 Å². The quantitative estimate of drug-likeness (QED) is 0.480. The van der Waals surface area contributed by atoms with Crippen LogP contribution in [0, 0.1) is 15.9 Å². The molecule has 2 aromatic carbocycles. The largest absolute Gasteiger partial charge is 0.311 e. The van der Waals surface area contributed by atoms with E-state index in [0.29, 0.717) is 6.54 Å². The molecule has 0 saturated heterocycles. The Balaban J connectivity index is 1.72. The van der Waals surface area contributed by atoms with Crippen molar-refractivity contribution in [3.63, 3.8) is 0 Å². The fraction of sp³-hybridized carbons (Fsp3) is 0.235. The molecule has 124 valence electrons. The van der Waals surface area contributed by atoms with Crippen LogP contribution < -0.4 is 4.90 Å². The zero-order chi connectivity index (χ0) is 17.1. The third-order valence-electron chi connectivity index (χ3n) is 3.87. The minimum absolute atomic E-state index is 0.0451. The van der Waals surface area contributed by atoms with Gasteiger partial charge in [0.05, 0.1) is 10.7 Å². The Morgan fingerprint density at radius 3 is 2.71 bits per heavy atom. The molecule has 0 N–H and O–H groups in total. The van der Waals surface area contributed by atoms with Crippen LogP contribution in [0.15, 0.2) is 47.4 Å². The molecule has 0 aliphatic carbocycles. The average molecular weight is 346 g/mol. The molecule has 0 saturated carbocycles. The summed E-state index contributed by atoms with van der Waals surface area (Å²) in [6, 6.07) is 10.6. The van der Waals surface area contributed by atoms with E-state index in [0.717, 1.165) is 29.0 Å². The number of fused-ring (bicyclic) bond motifs is 1. The maximum atomic E-state index is 12.9. The Hall–Kier alpha value is -2.41. The summed E-state index contributed by atoms with van der Waals surface area (Å²) in [6.45, 7) is 0.605. The molecule has 0 unspecified atom stereocenters. The second kappa shape index (κ2) is 7.00. The summed E-state index contributed by atoms with van der Waals surface area (Å²) in [4.78, 5) is 25.5. The van der Waals surface area contributed by atoms with E-state index in [-0.39, 0.29) is 23.2 Å². The van der Waals surface area contributed by atoms with E-state index in [9.17, 15) is 19.3 Å². The van der Waals surface area contributed by atoms with E-state index in [1.54, 1.807) is 29.2 Å². The fourth-order valence-electron chi connectivity index (χ4n) is 2.71. The van der Waals surface area contributed by atoms with Crippen molar-refractivity contribution in [1.29, 1.82) is 0 Å². The molecule has 1 aliphatic heterocycles. The van der Waals surface area contributed by atoms with Gasteiger partial charge < -0.3 is 4.90 Å². The van der Waals surface area contributed by atoms with E-state index >= 15 is 0 Å². The SMILES string of the molecule is O=C(CSc1ccc(F)cc1)N1CCCc2cc([N+](=O)[O-])ccc21. The number of benzene rings is 2. The van der Waals surface area contributed by atoms with Crippen LogP contribution in [0.4, 0.5) is 15.8 Å². The van der Waals surface area contributed by atoms with Gasteiger partial charge >= 0.3 is 0 Å². The lowest BCUT2D eigenvalue weighted by Crippen LogP contribution is -2.36. The number of carbonyl (C=O) groups excluding carboxylic acids is 1. The van der Waals surface area contributed by atoms with Crippen LogP contribution >= 0.6 is 11.8 Å². The lowest BCUT2D eigenvalue weighted by Gasteiger charge is -2.29. The highest BCUT2D eigenvalue weighted by molar-refractivity contribution is 8.00. The van der Waals surface area contributed by atoms with Gasteiger partial charge in [-0.05, 0) is 48.7 Å². The van der Waals surface area contributed by atoms with Crippen LogP contribution in [-0.2, 0) is 11.2 Å². The Labute approximate surface area is 142 Å². The first-order chi connectivity index (χ1) is 11.5. The Morgan fingerprint density at radius 2 is 2.00 bits per heavy atom. The van der Waals surface area contributed by atoms with Crippen molar-refractivity contribution in [2.75, 3.05) is 17.2 Å². The van der Waals surface area contributed by atoms with Gasteiger partial charge in [0.25, 0.3) is 5.69 Å². The van der Waals surface area contributed by atoms with Crippen LogP contribution in [0.25, 0.3) is 0 Å². The van der Waals surface area contributed by atoms with Gasteiger partial charge in [-0.3, -0.25) is 14.9 Å². The lowest BCUT2D eigenvalue weighted by molar-refractivity contribution is -0.384. The van der Waals surface area contributed by atoms with Gasteiger partial charge in [-0.1, -0.05) is 0 Å². The van der Waals surface area contributed by atoms with E-state index in [1.165, 1.54) is 30.0 Å². The van der Waals surface area contributed by atoms with Crippen molar-refractivity contribution in [2.24, 2.45) is 0 Å². The van der Waals surface area contributed by atoms with Gasteiger partial charge in [0, 0.05) is 29.3 Å². The van der Waals surface area contributed by atoms with Crippen LogP contribution in [0.1, 0.15) is 12.0 Å². The zero-order valence-electron chi connectivity index (χ0n) is 12.8. The highest BCUT2D eigenvalue weighted by atomic mass is 32.2. The minimum atomic E-state index is -0.425. The summed E-state index contributed by atoms with van der Waals surface area (Å²) in [5.41, 5.74) is 1.62. The zero-order valence-corrected chi connectivity index (χ0v) is 13.6. The lowest BCUT2D eigenvalue weighted by atomic mass is 10.0. The van der Waals surface area contributed by atoms with E-state index < -0.39 is 4.92 Å². The minimum Gasteiger partial charge on any atom is -0.311 e. The molecule has 1 amide bonds. The first-order valence-electron chi connectivity index (χ1n) is 7.50. The van der Waals surface area contributed by atoms with Crippen LogP contribution in [-0.4, -0.2) is 23.1 Å². The number of nitro groups is 1. The fourth-order valence-corrected chi connectivity index (χ4v) is 3.48. The molecule has 2 aromatic rings.